The average molecular weight is 327 g/mol. The van der Waals surface area contributed by atoms with Gasteiger partial charge in [0.05, 0.1) is 4.47 Å². The molecule has 0 aliphatic heterocycles. The number of rotatable bonds is 1. The maximum absolute atomic E-state index is 8.89. The number of hydrogen-bond acceptors (Lipinski definition) is 2. The van der Waals surface area contributed by atoms with Gasteiger partial charge in [-0.05, 0) is 50.1 Å². The Bertz CT molecular complexity index is 540. The summed E-state index contributed by atoms with van der Waals surface area (Å²) in [5.41, 5.74) is 0.561. The molecule has 0 aliphatic rings. The van der Waals surface area contributed by atoms with Gasteiger partial charge in [-0.1, -0.05) is 0 Å². The molecule has 0 atom stereocenters. The van der Waals surface area contributed by atoms with Crippen molar-refractivity contribution in [2.24, 2.45) is 0 Å². The number of halogens is 2. The summed E-state index contributed by atoms with van der Waals surface area (Å²) in [6.07, 6.45) is 3.50. The molecule has 2 rings (SSSR count). The van der Waals surface area contributed by atoms with Gasteiger partial charge in [-0.2, -0.15) is 5.26 Å². The third-order valence-corrected chi connectivity index (χ3v) is 2.90. The fraction of sp³-hybridized carbons (Fsp3) is 0. The Morgan fingerprint density at radius 1 is 1.40 bits per heavy atom. The van der Waals surface area contributed by atoms with Crippen LogP contribution >= 0.6 is 31.9 Å². The van der Waals surface area contributed by atoms with Crippen LogP contribution in [-0.4, -0.2) is 9.55 Å². The van der Waals surface area contributed by atoms with E-state index in [0.717, 1.165) is 8.95 Å². The molecule has 0 unspecified atom stereocenters. The molecule has 5 heteroatoms. The molecule has 0 saturated carbocycles. The highest BCUT2D eigenvalue weighted by Crippen LogP contribution is 2.23. The topological polar surface area (TPSA) is 41.6 Å². The highest BCUT2D eigenvalue weighted by Gasteiger charge is 2.07. The molecule has 0 amide bonds. The summed E-state index contributed by atoms with van der Waals surface area (Å²) in [5, 5.41) is 8.89. The molecule has 0 aliphatic carbocycles. The fourth-order valence-electron chi connectivity index (χ4n) is 1.24. The fourth-order valence-corrected chi connectivity index (χ4v) is 2.42. The van der Waals surface area contributed by atoms with E-state index in [1.807, 2.05) is 12.1 Å². The summed E-state index contributed by atoms with van der Waals surface area (Å²) >= 11 is 6.74. The molecule has 2 aromatic rings. The van der Waals surface area contributed by atoms with E-state index in [9.17, 15) is 0 Å². The van der Waals surface area contributed by atoms with Crippen LogP contribution in [0, 0.1) is 11.3 Å². The van der Waals surface area contributed by atoms with Crippen molar-refractivity contribution < 1.29 is 0 Å². The lowest BCUT2D eigenvalue weighted by Crippen LogP contribution is -1.99. The van der Waals surface area contributed by atoms with E-state index in [0.29, 0.717) is 11.5 Å². The number of nitrogens with zero attached hydrogens (tertiary/aromatic N) is 3. The molecule has 0 saturated heterocycles. The van der Waals surface area contributed by atoms with Crippen molar-refractivity contribution in [2.45, 2.75) is 0 Å². The summed E-state index contributed by atoms with van der Waals surface area (Å²) < 4.78 is 3.46. The summed E-state index contributed by atoms with van der Waals surface area (Å²) in [7, 11) is 0. The van der Waals surface area contributed by atoms with E-state index < -0.39 is 0 Å². The Balaban J connectivity index is 2.60. The normalized spacial score (nSPS) is 9.93. The van der Waals surface area contributed by atoms with Gasteiger partial charge in [-0.25, -0.2) is 4.98 Å². The van der Waals surface area contributed by atoms with E-state index in [1.54, 1.807) is 23.0 Å². The number of pyridine rings is 1. The van der Waals surface area contributed by atoms with Gasteiger partial charge in [0.25, 0.3) is 0 Å². The molecular formula is C10H5Br2N3. The van der Waals surface area contributed by atoms with Gasteiger partial charge in [-0.3, -0.25) is 4.57 Å². The van der Waals surface area contributed by atoms with E-state index >= 15 is 0 Å². The lowest BCUT2D eigenvalue weighted by Gasteiger charge is -2.05. The zero-order chi connectivity index (χ0) is 10.8. The highest BCUT2D eigenvalue weighted by atomic mass is 79.9. The van der Waals surface area contributed by atoms with Gasteiger partial charge in [-0.15, -0.1) is 0 Å². The van der Waals surface area contributed by atoms with E-state index in [-0.39, 0.29) is 0 Å². The summed E-state index contributed by atoms with van der Waals surface area (Å²) in [4.78, 5) is 4.25. The van der Waals surface area contributed by atoms with Crippen molar-refractivity contribution in [2.75, 3.05) is 0 Å². The molecule has 0 fully saturated rings. The van der Waals surface area contributed by atoms with Crippen LogP contribution in [0.5, 0.6) is 0 Å². The Labute approximate surface area is 104 Å². The van der Waals surface area contributed by atoms with Crippen molar-refractivity contribution in [3.63, 3.8) is 0 Å². The highest BCUT2D eigenvalue weighted by molar-refractivity contribution is 9.11. The number of nitriles is 1. The minimum absolute atomic E-state index is 0.561. The third kappa shape index (κ3) is 1.96. The summed E-state index contributed by atoms with van der Waals surface area (Å²) in [6.45, 7) is 0. The first-order chi connectivity index (χ1) is 7.22. The molecule has 0 bridgehead atoms. The maximum atomic E-state index is 8.89. The van der Waals surface area contributed by atoms with Crippen molar-refractivity contribution >= 4 is 31.9 Å². The zero-order valence-electron chi connectivity index (χ0n) is 7.48. The molecule has 2 aromatic heterocycles. The molecule has 0 N–H and O–H groups in total. The zero-order valence-corrected chi connectivity index (χ0v) is 10.7. The van der Waals surface area contributed by atoms with Gasteiger partial charge >= 0.3 is 0 Å². The van der Waals surface area contributed by atoms with Crippen LogP contribution < -0.4 is 0 Å². The van der Waals surface area contributed by atoms with Gasteiger partial charge in [0, 0.05) is 16.9 Å². The molecule has 15 heavy (non-hydrogen) atoms. The van der Waals surface area contributed by atoms with Crippen LogP contribution in [0.25, 0.3) is 5.82 Å². The van der Waals surface area contributed by atoms with E-state index in [4.69, 9.17) is 5.26 Å². The standard InChI is InChI=1S/C10H5Br2N3/c11-7-4-9(12)10(14-6-7)15-3-1-2-8(15)5-13/h1-4,6H. The van der Waals surface area contributed by atoms with Crippen LogP contribution in [0.1, 0.15) is 5.69 Å². The second-order valence-electron chi connectivity index (χ2n) is 2.83. The second-order valence-corrected chi connectivity index (χ2v) is 4.60. The van der Waals surface area contributed by atoms with Crippen LogP contribution in [0.4, 0.5) is 0 Å². The quantitative estimate of drug-likeness (QED) is 0.807. The smallest absolute Gasteiger partial charge is 0.152 e. The third-order valence-electron chi connectivity index (χ3n) is 1.88. The molecule has 3 nitrogen and oxygen atoms in total. The van der Waals surface area contributed by atoms with Gasteiger partial charge in [0.2, 0.25) is 0 Å². The predicted octanol–water partition coefficient (Wildman–Crippen LogP) is 3.27. The largest absolute Gasteiger partial charge is 0.292 e. The maximum Gasteiger partial charge on any atom is 0.152 e. The monoisotopic (exact) mass is 325 g/mol. The van der Waals surface area contributed by atoms with Crippen LogP contribution in [-0.2, 0) is 0 Å². The Hall–Kier alpha value is -1.12. The molecule has 0 spiro atoms. The van der Waals surface area contributed by atoms with Crippen molar-refractivity contribution in [1.82, 2.24) is 9.55 Å². The lowest BCUT2D eigenvalue weighted by molar-refractivity contribution is 0.977. The first-order valence-electron chi connectivity index (χ1n) is 4.11. The minimum Gasteiger partial charge on any atom is -0.292 e. The van der Waals surface area contributed by atoms with Crippen molar-refractivity contribution in [3.05, 3.63) is 45.2 Å². The Morgan fingerprint density at radius 2 is 2.20 bits per heavy atom. The second kappa shape index (κ2) is 4.17. The van der Waals surface area contributed by atoms with E-state index in [1.165, 1.54) is 0 Å². The first-order valence-corrected chi connectivity index (χ1v) is 5.70. The van der Waals surface area contributed by atoms with Crippen molar-refractivity contribution in [3.8, 4) is 11.9 Å². The molecule has 74 valence electrons. The molecular weight excluding hydrogens is 322 g/mol. The molecule has 0 radical (unpaired) electrons. The lowest BCUT2D eigenvalue weighted by atomic mass is 10.4. The van der Waals surface area contributed by atoms with Crippen LogP contribution in [0.3, 0.4) is 0 Å². The van der Waals surface area contributed by atoms with Gasteiger partial charge in [0.1, 0.15) is 11.8 Å². The first kappa shape index (κ1) is 10.4. The molecule has 2 heterocycles. The van der Waals surface area contributed by atoms with Gasteiger partial charge in [0.15, 0.2) is 5.82 Å². The number of aromatic nitrogens is 2. The Morgan fingerprint density at radius 3 is 2.87 bits per heavy atom. The van der Waals surface area contributed by atoms with E-state index in [2.05, 4.69) is 42.9 Å². The molecule has 0 aromatic carbocycles. The van der Waals surface area contributed by atoms with Gasteiger partial charge < -0.3 is 0 Å². The Kier molecular flexibility index (Phi) is 2.89. The number of hydrogen-bond donors (Lipinski definition) is 0. The predicted molar refractivity (Wildman–Crippen MR) is 63.7 cm³/mol. The summed E-state index contributed by atoms with van der Waals surface area (Å²) in [6, 6.07) is 7.56. The van der Waals surface area contributed by atoms with Crippen LogP contribution in [0.2, 0.25) is 0 Å². The SMILES string of the molecule is N#Cc1cccn1-c1ncc(Br)cc1Br. The van der Waals surface area contributed by atoms with Crippen LogP contribution in [0.15, 0.2) is 39.5 Å². The van der Waals surface area contributed by atoms with Crippen molar-refractivity contribution in [1.29, 1.82) is 5.26 Å². The minimum atomic E-state index is 0.561. The summed E-state index contributed by atoms with van der Waals surface area (Å²) in [5.74, 6) is 0.708. The average Bonchev–Trinajstić information content (AvgIpc) is 2.65.